The zero-order chi connectivity index (χ0) is 14.4. The van der Waals surface area contributed by atoms with Gasteiger partial charge in [0, 0.05) is 13.2 Å². The Bertz CT molecular complexity index is 388. The second kappa shape index (κ2) is 7.09. The van der Waals surface area contributed by atoms with Gasteiger partial charge in [-0.3, -0.25) is 4.90 Å². The maximum absolute atomic E-state index is 9.57. The second-order valence-corrected chi connectivity index (χ2v) is 5.86. The summed E-state index contributed by atoms with van der Waals surface area (Å²) in [6.07, 6.45) is 3.30. The molecule has 3 heteroatoms. The molecule has 112 valence electrons. The molecule has 3 nitrogen and oxygen atoms in total. The third kappa shape index (κ3) is 3.74. The van der Waals surface area contributed by atoms with E-state index in [2.05, 4.69) is 24.0 Å². The molecule has 2 rings (SSSR count). The van der Waals surface area contributed by atoms with E-state index >= 15 is 0 Å². The fourth-order valence-electron chi connectivity index (χ4n) is 2.92. The normalized spacial score (nSPS) is 18.9. The molecule has 0 unspecified atom stereocenters. The molecule has 1 heterocycles. The Kier molecular flexibility index (Phi) is 5.44. The number of ether oxygens (including phenoxy) is 1. The number of benzene rings is 1. The molecule has 1 fully saturated rings. The molecule has 1 aromatic rings. The van der Waals surface area contributed by atoms with Crippen LogP contribution in [0.15, 0.2) is 24.3 Å². The number of hydrogen-bond acceptors (Lipinski definition) is 3. The maximum atomic E-state index is 9.57. The SMILES string of the molecule is CCOc1ccc(CN2CCC(CC)(CO)CC2)cc1. The lowest BCUT2D eigenvalue weighted by Gasteiger charge is -2.40. The van der Waals surface area contributed by atoms with E-state index in [1.165, 1.54) is 5.56 Å². The van der Waals surface area contributed by atoms with Crippen molar-refractivity contribution in [3.8, 4) is 5.75 Å². The van der Waals surface area contributed by atoms with Gasteiger partial charge in [-0.05, 0) is 62.4 Å². The summed E-state index contributed by atoms with van der Waals surface area (Å²) >= 11 is 0. The minimum atomic E-state index is 0.176. The fourth-order valence-corrected chi connectivity index (χ4v) is 2.92. The molecule has 0 aromatic heterocycles. The van der Waals surface area contributed by atoms with Crippen molar-refractivity contribution in [1.82, 2.24) is 4.90 Å². The van der Waals surface area contributed by atoms with E-state index < -0.39 is 0 Å². The number of rotatable bonds is 6. The molecule has 0 bridgehead atoms. The largest absolute Gasteiger partial charge is 0.494 e. The highest BCUT2D eigenvalue weighted by Gasteiger charge is 2.32. The van der Waals surface area contributed by atoms with Crippen LogP contribution in [-0.4, -0.2) is 36.3 Å². The van der Waals surface area contributed by atoms with Gasteiger partial charge >= 0.3 is 0 Å². The Hall–Kier alpha value is -1.06. The van der Waals surface area contributed by atoms with Crippen molar-refractivity contribution in [3.63, 3.8) is 0 Å². The number of hydrogen-bond donors (Lipinski definition) is 1. The summed E-state index contributed by atoms with van der Waals surface area (Å²) in [4.78, 5) is 2.49. The van der Waals surface area contributed by atoms with Crippen LogP contribution in [0, 0.1) is 5.41 Å². The molecule has 1 aliphatic heterocycles. The van der Waals surface area contributed by atoms with E-state index in [-0.39, 0.29) is 5.41 Å². The zero-order valence-corrected chi connectivity index (χ0v) is 12.8. The Morgan fingerprint density at radius 1 is 1.15 bits per heavy atom. The van der Waals surface area contributed by atoms with Crippen molar-refractivity contribution in [1.29, 1.82) is 0 Å². The van der Waals surface area contributed by atoms with Crippen LogP contribution in [0.4, 0.5) is 0 Å². The number of aliphatic hydroxyl groups excluding tert-OH is 1. The average molecular weight is 277 g/mol. The van der Waals surface area contributed by atoms with Crippen molar-refractivity contribution in [3.05, 3.63) is 29.8 Å². The maximum Gasteiger partial charge on any atom is 0.119 e. The predicted molar refractivity (Wildman–Crippen MR) is 81.9 cm³/mol. The van der Waals surface area contributed by atoms with Gasteiger partial charge < -0.3 is 9.84 Å². The molecule has 20 heavy (non-hydrogen) atoms. The van der Waals surface area contributed by atoms with Gasteiger partial charge in [0.15, 0.2) is 0 Å². The highest BCUT2D eigenvalue weighted by Crippen LogP contribution is 2.34. The number of nitrogens with zero attached hydrogens (tertiary/aromatic N) is 1. The van der Waals surface area contributed by atoms with Gasteiger partial charge in [-0.1, -0.05) is 19.1 Å². The van der Waals surface area contributed by atoms with Gasteiger partial charge in [-0.15, -0.1) is 0 Å². The van der Waals surface area contributed by atoms with Gasteiger partial charge in [0.2, 0.25) is 0 Å². The lowest BCUT2D eigenvalue weighted by Crippen LogP contribution is -2.41. The van der Waals surface area contributed by atoms with Gasteiger partial charge in [-0.25, -0.2) is 0 Å². The van der Waals surface area contributed by atoms with Crippen LogP contribution >= 0.6 is 0 Å². The lowest BCUT2D eigenvalue weighted by molar-refractivity contribution is 0.0382. The van der Waals surface area contributed by atoms with E-state index in [1.807, 2.05) is 19.1 Å². The number of aliphatic hydroxyl groups is 1. The molecule has 1 aromatic carbocycles. The molecule has 0 spiro atoms. The Balaban J connectivity index is 1.86. The zero-order valence-electron chi connectivity index (χ0n) is 12.8. The summed E-state index contributed by atoms with van der Waals surface area (Å²) in [7, 11) is 0. The van der Waals surface area contributed by atoms with Crippen molar-refractivity contribution in [2.45, 2.75) is 39.7 Å². The number of likely N-dealkylation sites (tertiary alicyclic amines) is 1. The minimum Gasteiger partial charge on any atom is -0.494 e. The van der Waals surface area contributed by atoms with Crippen molar-refractivity contribution < 1.29 is 9.84 Å². The third-order valence-electron chi connectivity index (χ3n) is 4.64. The van der Waals surface area contributed by atoms with Crippen LogP contribution < -0.4 is 4.74 Å². The molecule has 1 saturated heterocycles. The Morgan fingerprint density at radius 2 is 1.80 bits per heavy atom. The van der Waals surface area contributed by atoms with Crippen molar-refractivity contribution in [2.24, 2.45) is 5.41 Å². The molecule has 0 saturated carbocycles. The first-order valence-electron chi connectivity index (χ1n) is 7.76. The second-order valence-electron chi connectivity index (χ2n) is 5.86. The first-order valence-corrected chi connectivity index (χ1v) is 7.76. The summed E-state index contributed by atoms with van der Waals surface area (Å²) in [5.41, 5.74) is 1.51. The van der Waals surface area contributed by atoms with E-state index in [9.17, 15) is 5.11 Å². The molecule has 0 radical (unpaired) electrons. The first-order chi connectivity index (χ1) is 9.71. The van der Waals surface area contributed by atoms with Gasteiger partial charge in [0.25, 0.3) is 0 Å². The highest BCUT2D eigenvalue weighted by molar-refractivity contribution is 5.27. The summed E-state index contributed by atoms with van der Waals surface area (Å²) in [6, 6.07) is 8.40. The Morgan fingerprint density at radius 3 is 2.30 bits per heavy atom. The molecule has 1 aliphatic rings. The fraction of sp³-hybridized carbons (Fsp3) is 0.647. The molecular weight excluding hydrogens is 250 g/mol. The quantitative estimate of drug-likeness (QED) is 0.867. The molecule has 0 amide bonds. The first kappa shape index (κ1) is 15.3. The predicted octanol–water partition coefficient (Wildman–Crippen LogP) is 3.07. The van der Waals surface area contributed by atoms with Gasteiger partial charge in [0.1, 0.15) is 5.75 Å². The van der Waals surface area contributed by atoms with E-state index in [1.54, 1.807) is 0 Å². The van der Waals surface area contributed by atoms with Crippen molar-refractivity contribution >= 4 is 0 Å². The molecule has 0 atom stereocenters. The summed E-state index contributed by atoms with van der Waals surface area (Å²) in [6.45, 7) is 8.41. The Labute approximate surface area is 122 Å². The number of piperidine rings is 1. The van der Waals surface area contributed by atoms with Crippen LogP contribution in [0.1, 0.15) is 38.7 Å². The lowest BCUT2D eigenvalue weighted by atomic mass is 9.77. The van der Waals surface area contributed by atoms with E-state index in [4.69, 9.17) is 4.74 Å². The van der Waals surface area contributed by atoms with Gasteiger partial charge in [-0.2, -0.15) is 0 Å². The monoisotopic (exact) mass is 277 g/mol. The minimum absolute atomic E-state index is 0.176. The van der Waals surface area contributed by atoms with Crippen molar-refractivity contribution in [2.75, 3.05) is 26.3 Å². The highest BCUT2D eigenvalue weighted by atomic mass is 16.5. The molecule has 1 N–H and O–H groups in total. The van der Waals surface area contributed by atoms with Gasteiger partial charge in [0.05, 0.1) is 6.61 Å². The average Bonchev–Trinajstić information content (AvgIpc) is 2.51. The van der Waals surface area contributed by atoms with E-state index in [0.717, 1.165) is 44.6 Å². The summed E-state index contributed by atoms with van der Waals surface area (Å²) in [5, 5.41) is 9.57. The third-order valence-corrected chi connectivity index (χ3v) is 4.64. The molecule has 0 aliphatic carbocycles. The standard InChI is InChI=1S/C17H27NO2/c1-3-17(14-19)9-11-18(12-10-17)13-15-5-7-16(8-6-15)20-4-2/h5-8,19H,3-4,9-14H2,1-2H3. The molecular formula is C17H27NO2. The van der Waals surface area contributed by atoms with E-state index in [0.29, 0.717) is 13.2 Å². The summed E-state index contributed by atoms with van der Waals surface area (Å²) in [5.74, 6) is 0.945. The topological polar surface area (TPSA) is 32.7 Å². The van der Waals surface area contributed by atoms with Crippen LogP contribution in [0.3, 0.4) is 0 Å². The van der Waals surface area contributed by atoms with Crippen LogP contribution in [-0.2, 0) is 6.54 Å². The summed E-state index contributed by atoms with van der Waals surface area (Å²) < 4.78 is 5.47. The van der Waals surface area contributed by atoms with Crippen LogP contribution in [0.2, 0.25) is 0 Å². The smallest absolute Gasteiger partial charge is 0.119 e. The van der Waals surface area contributed by atoms with Crippen LogP contribution in [0.5, 0.6) is 5.75 Å². The van der Waals surface area contributed by atoms with Crippen LogP contribution in [0.25, 0.3) is 0 Å².